The van der Waals surface area contributed by atoms with Crippen molar-refractivity contribution in [1.82, 2.24) is 10.2 Å². The van der Waals surface area contributed by atoms with E-state index in [2.05, 4.69) is 47.5 Å². The smallest absolute Gasteiger partial charge is 0.0535 e. The fourth-order valence-electron chi connectivity index (χ4n) is 2.89. The summed E-state index contributed by atoms with van der Waals surface area (Å²) < 4.78 is 0. The van der Waals surface area contributed by atoms with Crippen LogP contribution in [0.25, 0.3) is 0 Å². The first kappa shape index (κ1) is 11.2. The third-order valence-electron chi connectivity index (χ3n) is 4.11. The van der Waals surface area contributed by atoms with Crippen molar-refractivity contribution < 1.29 is 0 Å². The maximum Gasteiger partial charge on any atom is 0.0535 e. The Morgan fingerprint density at radius 3 is 2.76 bits per heavy atom. The first-order valence-corrected chi connectivity index (χ1v) is 6.79. The predicted octanol–water partition coefficient (Wildman–Crippen LogP) is 2.22. The summed E-state index contributed by atoms with van der Waals surface area (Å²) in [5.41, 5.74) is 1.55. The summed E-state index contributed by atoms with van der Waals surface area (Å²) >= 11 is 0. The molecule has 0 aromatic heterocycles. The van der Waals surface area contributed by atoms with Crippen LogP contribution in [0.2, 0.25) is 0 Å². The molecule has 2 fully saturated rings. The summed E-state index contributed by atoms with van der Waals surface area (Å²) in [7, 11) is 0. The zero-order valence-electron chi connectivity index (χ0n) is 10.7. The van der Waals surface area contributed by atoms with Crippen molar-refractivity contribution in [2.75, 3.05) is 26.2 Å². The Labute approximate surface area is 104 Å². The Morgan fingerprint density at radius 2 is 2.06 bits per heavy atom. The molecular formula is C15H22N2. The number of piperazine rings is 1. The fourth-order valence-corrected chi connectivity index (χ4v) is 2.89. The van der Waals surface area contributed by atoms with Crippen molar-refractivity contribution in [1.29, 1.82) is 0 Å². The van der Waals surface area contributed by atoms with Crippen molar-refractivity contribution in [3.63, 3.8) is 0 Å². The Hall–Kier alpha value is -0.860. The van der Waals surface area contributed by atoms with Crippen molar-refractivity contribution >= 4 is 0 Å². The molecule has 2 heteroatoms. The van der Waals surface area contributed by atoms with Crippen LogP contribution >= 0.6 is 0 Å². The molecule has 1 aromatic carbocycles. The number of hydrogen-bond acceptors (Lipinski definition) is 2. The van der Waals surface area contributed by atoms with E-state index >= 15 is 0 Å². The molecule has 0 amide bonds. The molecule has 1 aliphatic heterocycles. The van der Waals surface area contributed by atoms with Crippen LogP contribution in [0.3, 0.4) is 0 Å². The molecule has 0 spiro atoms. The summed E-state index contributed by atoms with van der Waals surface area (Å²) in [6.45, 7) is 7.11. The SMILES string of the molecule is CC1(c2ccccc2)CN(CC2CC2)CCN1. The highest BCUT2D eigenvalue weighted by Crippen LogP contribution is 2.32. The molecule has 1 N–H and O–H groups in total. The highest BCUT2D eigenvalue weighted by molar-refractivity contribution is 5.24. The summed E-state index contributed by atoms with van der Waals surface area (Å²) in [6, 6.07) is 10.9. The molecule has 17 heavy (non-hydrogen) atoms. The van der Waals surface area contributed by atoms with E-state index in [1.165, 1.54) is 31.5 Å². The normalized spacial score (nSPS) is 30.4. The molecule has 3 rings (SSSR count). The molecule has 1 aromatic rings. The van der Waals surface area contributed by atoms with Gasteiger partial charge in [-0.1, -0.05) is 30.3 Å². The van der Waals surface area contributed by atoms with E-state index in [0.29, 0.717) is 0 Å². The quantitative estimate of drug-likeness (QED) is 0.856. The van der Waals surface area contributed by atoms with Crippen LogP contribution in [0.5, 0.6) is 0 Å². The van der Waals surface area contributed by atoms with Gasteiger partial charge in [0.15, 0.2) is 0 Å². The van der Waals surface area contributed by atoms with E-state index in [-0.39, 0.29) is 5.54 Å². The fraction of sp³-hybridized carbons (Fsp3) is 0.600. The van der Waals surface area contributed by atoms with Gasteiger partial charge >= 0.3 is 0 Å². The van der Waals surface area contributed by atoms with Crippen molar-refractivity contribution in [3.05, 3.63) is 35.9 Å². The van der Waals surface area contributed by atoms with Crippen LogP contribution in [-0.2, 0) is 5.54 Å². The Bertz CT molecular complexity index is 372. The topological polar surface area (TPSA) is 15.3 Å². The molecule has 1 saturated carbocycles. The van der Waals surface area contributed by atoms with E-state index in [1.54, 1.807) is 0 Å². The van der Waals surface area contributed by atoms with Gasteiger partial charge in [0.05, 0.1) is 5.54 Å². The number of nitrogens with zero attached hydrogens (tertiary/aromatic N) is 1. The lowest BCUT2D eigenvalue weighted by Gasteiger charge is -2.42. The summed E-state index contributed by atoms with van der Waals surface area (Å²) in [6.07, 6.45) is 2.90. The van der Waals surface area contributed by atoms with Crippen LogP contribution in [0.15, 0.2) is 30.3 Å². The predicted molar refractivity (Wildman–Crippen MR) is 71.0 cm³/mol. The number of benzene rings is 1. The number of rotatable bonds is 3. The lowest BCUT2D eigenvalue weighted by atomic mass is 9.89. The molecule has 1 heterocycles. The van der Waals surface area contributed by atoms with Gasteiger partial charge in [-0.2, -0.15) is 0 Å². The molecule has 0 radical (unpaired) electrons. The van der Waals surface area contributed by atoms with Crippen molar-refractivity contribution in [2.24, 2.45) is 5.92 Å². The monoisotopic (exact) mass is 230 g/mol. The van der Waals surface area contributed by atoms with Crippen LogP contribution in [-0.4, -0.2) is 31.1 Å². The Morgan fingerprint density at radius 1 is 1.29 bits per heavy atom. The third-order valence-corrected chi connectivity index (χ3v) is 4.11. The van der Waals surface area contributed by atoms with Crippen LogP contribution in [0, 0.1) is 5.92 Å². The Balaban J connectivity index is 1.72. The summed E-state index contributed by atoms with van der Waals surface area (Å²) in [5.74, 6) is 0.994. The van der Waals surface area contributed by atoms with Crippen LogP contribution < -0.4 is 5.32 Å². The van der Waals surface area contributed by atoms with Gasteiger partial charge < -0.3 is 5.32 Å². The highest BCUT2D eigenvalue weighted by atomic mass is 15.2. The number of hydrogen-bond donors (Lipinski definition) is 1. The third kappa shape index (κ3) is 2.53. The van der Waals surface area contributed by atoms with Gasteiger partial charge in [0.2, 0.25) is 0 Å². The maximum atomic E-state index is 3.69. The Kier molecular flexibility index (Phi) is 2.93. The van der Waals surface area contributed by atoms with E-state index in [4.69, 9.17) is 0 Å². The van der Waals surface area contributed by atoms with Crippen molar-refractivity contribution in [2.45, 2.75) is 25.3 Å². The summed E-state index contributed by atoms with van der Waals surface area (Å²) in [4.78, 5) is 2.64. The highest BCUT2D eigenvalue weighted by Gasteiger charge is 2.34. The zero-order chi connectivity index (χ0) is 11.7. The standard InChI is InChI=1S/C15H22N2/c1-15(14-5-3-2-4-6-14)12-17(10-9-16-15)11-13-7-8-13/h2-6,13,16H,7-12H2,1H3. The second-order valence-electron chi connectivity index (χ2n) is 5.80. The zero-order valence-corrected chi connectivity index (χ0v) is 10.7. The van der Waals surface area contributed by atoms with Gasteiger partial charge in [0.1, 0.15) is 0 Å². The average molecular weight is 230 g/mol. The van der Waals surface area contributed by atoms with E-state index < -0.39 is 0 Å². The first-order chi connectivity index (χ1) is 8.26. The lowest BCUT2D eigenvalue weighted by molar-refractivity contribution is 0.138. The van der Waals surface area contributed by atoms with E-state index in [0.717, 1.165) is 19.0 Å². The molecule has 2 nitrogen and oxygen atoms in total. The van der Waals surface area contributed by atoms with E-state index in [9.17, 15) is 0 Å². The van der Waals surface area contributed by atoms with Crippen LogP contribution in [0.1, 0.15) is 25.3 Å². The molecule has 2 aliphatic rings. The minimum atomic E-state index is 0.133. The molecule has 1 atom stereocenters. The van der Waals surface area contributed by atoms with Gasteiger partial charge in [-0.3, -0.25) is 4.90 Å². The molecule has 92 valence electrons. The largest absolute Gasteiger partial charge is 0.305 e. The molecular weight excluding hydrogens is 208 g/mol. The van der Waals surface area contributed by atoms with Gasteiger partial charge in [-0.25, -0.2) is 0 Å². The van der Waals surface area contributed by atoms with Gasteiger partial charge in [-0.15, -0.1) is 0 Å². The van der Waals surface area contributed by atoms with Gasteiger partial charge in [-0.05, 0) is 31.2 Å². The molecule has 1 aliphatic carbocycles. The van der Waals surface area contributed by atoms with Gasteiger partial charge in [0, 0.05) is 26.2 Å². The number of nitrogens with one attached hydrogen (secondary N) is 1. The first-order valence-electron chi connectivity index (χ1n) is 6.79. The second-order valence-corrected chi connectivity index (χ2v) is 5.80. The molecule has 1 saturated heterocycles. The second kappa shape index (κ2) is 4.43. The molecule has 1 unspecified atom stereocenters. The van der Waals surface area contributed by atoms with Crippen LogP contribution in [0.4, 0.5) is 0 Å². The summed E-state index contributed by atoms with van der Waals surface area (Å²) in [5, 5.41) is 3.69. The van der Waals surface area contributed by atoms with E-state index in [1.807, 2.05) is 0 Å². The maximum absolute atomic E-state index is 3.69. The lowest BCUT2D eigenvalue weighted by Crippen LogP contribution is -2.56. The molecule has 0 bridgehead atoms. The van der Waals surface area contributed by atoms with Crippen molar-refractivity contribution in [3.8, 4) is 0 Å². The average Bonchev–Trinajstić information content (AvgIpc) is 3.14. The minimum Gasteiger partial charge on any atom is -0.305 e. The minimum absolute atomic E-state index is 0.133. The van der Waals surface area contributed by atoms with Gasteiger partial charge in [0.25, 0.3) is 0 Å².